The van der Waals surface area contributed by atoms with E-state index in [-0.39, 0.29) is 5.82 Å². The van der Waals surface area contributed by atoms with Gasteiger partial charge in [-0.2, -0.15) is 0 Å². The van der Waals surface area contributed by atoms with E-state index in [1.165, 1.54) is 24.1 Å². The summed E-state index contributed by atoms with van der Waals surface area (Å²) in [6.07, 6.45) is 3.66. The van der Waals surface area contributed by atoms with Crippen LogP contribution in [0.3, 0.4) is 0 Å². The van der Waals surface area contributed by atoms with Crippen LogP contribution in [-0.4, -0.2) is 17.1 Å². The largest absolute Gasteiger partial charge is 0.494 e. The maximum absolute atomic E-state index is 13.4. The van der Waals surface area contributed by atoms with Gasteiger partial charge in [0.15, 0.2) is 0 Å². The zero-order valence-electron chi connectivity index (χ0n) is 13.8. The Morgan fingerprint density at radius 1 is 1.20 bits per heavy atom. The van der Waals surface area contributed by atoms with Crippen molar-refractivity contribution in [2.45, 2.75) is 6.92 Å². The van der Waals surface area contributed by atoms with Gasteiger partial charge in [0.2, 0.25) is 0 Å². The molecule has 0 aliphatic rings. The van der Waals surface area contributed by atoms with E-state index < -0.39 is 0 Å². The van der Waals surface area contributed by atoms with Crippen molar-refractivity contribution in [1.29, 1.82) is 0 Å². The summed E-state index contributed by atoms with van der Waals surface area (Å²) >= 11 is 1.72. The number of hydrogen-bond acceptors (Lipinski definition) is 4. The Labute approximate surface area is 148 Å². The third-order valence-corrected chi connectivity index (χ3v) is 4.91. The summed E-state index contributed by atoms with van der Waals surface area (Å²) in [7, 11) is 1.52. The molecule has 6 heteroatoms. The third-order valence-electron chi connectivity index (χ3n) is 4.05. The molecule has 0 unspecified atom stereocenters. The summed E-state index contributed by atoms with van der Waals surface area (Å²) in [5, 5.41) is 6.46. The number of thiophene rings is 1. The van der Waals surface area contributed by atoms with Gasteiger partial charge in [0.1, 0.15) is 17.2 Å². The monoisotopic (exact) mass is 353 g/mol. The highest BCUT2D eigenvalue weighted by atomic mass is 32.1. The van der Waals surface area contributed by atoms with Crippen LogP contribution in [0, 0.1) is 12.7 Å². The number of benzene rings is 1. The van der Waals surface area contributed by atoms with Crippen molar-refractivity contribution in [2.75, 3.05) is 12.4 Å². The average Bonchev–Trinajstić information content (AvgIpc) is 3.23. The van der Waals surface area contributed by atoms with Gasteiger partial charge >= 0.3 is 0 Å². The number of hydrogen-bond donors (Lipinski definition) is 2. The fraction of sp³-hybridized carbons (Fsp3) is 0.105. The number of aromatic nitrogens is 2. The number of aryl methyl sites for hydroxylation is 1. The van der Waals surface area contributed by atoms with Crippen LogP contribution in [0.2, 0.25) is 0 Å². The first kappa shape index (κ1) is 15.7. The second-order valence-electron chi connectivity index (χ2n) is 5.70. The number of nitrogens with one attached hydrogen (secondary N) is 2. The highest BCUT2D eigenvalue weighted by Crippen LogP contribution is 2.37. The average molecular weight is 353 g/mol. The van der Waals surface area contributed by atoms with E-state index in [9.17, 15) is 4.39 Å². The topological polar surface area (TPSA) is 49.9 Å². The molecule has 3 aromatic heterocycles. The van der Waals surface area contributed by atoms with Gasteiger partial charge in [-0.25, -0.2) is 9.37 Å². The molecule has 0 atom stereocenters. The van der Waals surface area contributed by atoms with E-state index >= 15 is 0 Å². The number of halogens is 1. The second kappa shape index (κ2) is 6.22. The van der Waals surface area contributed by atoms with E-state index in [0.29, 0.717) is 11.4 Å². The smallest absolute Gasteiger partial charge is 0.145 e. The molecule has 0 radical (unpaired) electrons. The Morgan fingerprint density at radius 3 is 2.84 bits per heavy atom. The minimum absolute atomic E-state index is 0.336. The molecule has 25 heavy (non-hydrogen) atoms. The van der Waals surface area contributed by atoms with Gasteiger partial charge in [0, 0.05) is 23.3 Å². The SMILES string of the molecule is COc1cc(F)ccc1Nc1c[nH]c2nccc(-c3csc(C)c3)c12. The molecule has 0 saturated carbocycles. The van der Waals surface area contributed by atoms with Crippen molar-refractivity contribution in [3.63, 3.8) is 0 Å². The predicted octanol–water partition coefficient (Wildman–Crippen LogP) is 5.49. The summed E-state index contributed by atoms with van der Waals surface area (Å²) in [6, 6.07) is 8.59. The molecular weight excluding hydrogens is 337 g/mol. The van der Waals surface area contributed by atoms with Crippen molar-refractivity contribution in [1.82, 2.24) is 9.97 Å². The van der Waals surface area contributed by atoms with Crippen LogP contribution >= 0.6 is 11.3 Å². The van der Waals surface area contributed by atoms with E-state index in [2.05, 4.69) is 33.7 Å². The minimum atomic E-state index is -0.336. The lowest BCUT2D eigenvalue weighted by Gasteiger charge is -2.11. The Hall–Kier alpha value is -2.86. The van der Waals surface area contributed by atoms with Crippen LogP contribution in [0.1, 0.15) is 4.88 Å². The number of ether oxygens (including phenoxy) is 1. The maximum Gasteiger partial charge on any atom is 0.145 e. The summed E-state index contributed by atoms with van der Waals surface area (Å²) in [5.41, 5.74) is 4.61. The number of aromatic amines is 1. The first-order valence-corrected chi connectivity index (χ1v) is 8.66. The maximum atomic E-state index is 13.4. The molecule has 4 nitrogen and oxygen atoms in total. The Morgan fingerprint density at radius 2 is 2.08 bits per heavy atom. The van der Waals surface area contributed by atoms with Crippen LogP contribution in [0.5, 0.6) is 5.75 Å². The van der Waals surface area contributed by atoms with Crippen LogP contribution in [0.25, 0.3) is 22.2 Å². The number of pyridine rings is 1. The molecule has 126 valence electrons. The van der Waals surface area contributed by atoms with E-state index in [0.717, 1.165) is 27.8 Å². The molecule has 0 aliphatic carbocycles. The summed E-state index contributed by atoms with van der Waals surface area (Å²) in [6.45, 7) is 2.09. The molecule has 0 aliphatic heterocycles. The lowest BCUT2D eigenvalue weighted by atomic mass is 10.1. The normalized spacial score (nSPS) is 11.0. The molecular formula is C19H16FN3OS. The quantitative estimate of drug-likeness (QED) is 0.510. The van der Waals surface area contributed by atoms with Crippen molar-refractivity contribution in [3.05, 3.63) is 58.8 Å². The fourth-order valence-electron chi connectivity index (χ4n) is 2.89. The molecule has 1 aromatic carbocycles. The first-order valence-electron chi connectivity index (χ1n) is 7.78. The number of H-pyrrole nitrogens is 1. The standard InChI is InChI=1S/C19H16FN3OS/c1-11-7-12(10-25-11)14-5-6-21-19-18(14)16(9-22-19)23-15-4-3-13(20)8-17(15)24-2/h3-10,23H,1-2H3,(H,21,22). The third kappa shape index (κ3) is 2.85. The molecule has 4 aromatic rings. The highest BCUT2D eigenvalue weighted by Gasteiger charge is 2.14. The van der Waals surface area contributed by atoms with Gasteiger partial charge in [0.05, 0.1) is 23.9 Å². The van der Waals surface area contributed by atoms with Crippen molar-refractivity contribution < 1.29 is 9.13 Å². The minimum Gasteiger partial charge on any atom is -0.494 e. The Kier molecular flexibility index (Phi) is 3.89. The number of fused-ring (bicyclic) bond motifs is 1. The Balaban J connectivity index is 1.84. The number of rotatable bonds is 4. The summed E-state index contributed by atoms with van der Waals surface area (Å²) < 4.78 is 18.7. The van der Waals surface area contributed by atoms with Gasteiger partial charge in [-0.15, -0.1) is 11.3 Å². The molecule has 4 rings (SSSR count). The van der Waals surface area contributed by atoms with Crippen LogP contribution in [-0.2, 0) is 0 Å². The Bertz CT molecular complexity index is 1050. The number of methoxy groups -OCH3 is 1. The van der Waals surface area contributed by atoms with Gasteiger partial charge in [0.25, 0.3) is 0 Å². The first-order chi connectivity index (χ1) is 12.2. The lowest BCUT2D eigenvalue weighted by Crippen LogP contribution is -1.95. The van der Waals surface area contributed by atoms with Gasteiger partial charge in [-0.1, -0.05) is 0 Å². The van der Waals surface area contributed by atoms with E-state index in [1.54, 1.807) is 23.6 Å². The van der Waals surface area contributed by atoms with Gasteiger partial charge in [-0.05, 0) is 47.7 Å². The molecule has 0 saturated heterocycles. The molecule has 0 spiro atoms. The second-order valence-corrected chi connectivity index (χ2v) is 6.82. The van der Waals surface area contributed by atoms with Crippen LogP contribution in [0.15, 0.2) is 48.1 Å². The fourth-order valence-corrected chi connectivity index (χ4v) is 3.60. The molecule has 0 bridgehead atoms. The zero-order valence-corrected chi connectivity index (χ0v) is 14.6. The van der Waals surface area contributed by atoms with Crippen molar-refractivity contribution in [2.24, 2.45) is 0 Å². The van der Waals surface area contributed by atoms with Gasteiger partial charge in [-0.3, -0.25) is 0 Å². The molecule has 0 amide bonds. The highest BCUT2D eigenvalue weighted by molar-refractivity contribution is 7.10. The molecule has 3 heterocycles. The van der Waals surface area contributed by atoms with Crippen LogP contribution in [0.4, 0.5) is 15.8 Å². The van der Waals surface area contributed by atoms with Gasteiger partial charge < -0.3 is 15.0 Å². The van der Waals surface area contributed by atoms with Crippen LogP contribution < -0.4 is 10.1 Å². The lowest BCUT2D eigenvalue weighted by molar-refractivity contribution is 0.413. The molecule has 2 N–H and O–H groups in total. The predicted molar refractivity (Wildman–Crippen MR) is 100 cm³/mol. The number of anilines is 2. The van der Waals surface area contributed by atoms with Crippen molar-refractivity contribution >= 4 is 33.7 Å². The summed E-state index contributed by atoms with van der Waals surface area (Å²) in [4.78, 5) is 8.85. The zero-order chi connectivity index (χ0) is 17.4. The van der Waals surface area contributed by atoms with E-state index in [1.807, 2.05) is 12.3 Å². The van der Waals surface area contributed by atoms with E-state index in [4.69, 9.17) is 4.74 Å². The summed E-state index contributed by atoms with van der Waals surface area (Å²) in [5.74, 6) is 0.114. The molecule has 0 fully saturated rings. The number of nitrogens with zero attached hydrogens (tertiary/aromatic N) is 1. The van der Waals surface area contributed by atoms with Crippen molar-refractivity contribution in [3.8, 4) is 16.9 Å².